The molecular formula is C18H20FNO5. The largest absolute Gasteiger partial charge is 0.494 e. The third kappa shape index (κ3) is 4.12. The van der Waals surface area contributed by atoms with Crippen molar-refractivity contribution in [1.82, 2.24) is 5.32 Å². The second-order valence-electron chi connectivity index (χ2n) is 5.07. The number of methoxy groups -OCH3 is 4. The van der Waals surface area contributed by atoms with Crippen LogP contribution in [-0.2, 0) is 6.54 Å². The van der Waals surface area contributed by atoms with Crippen LogP contribution in [0, 0.1) is 5.82 Å². The lowest BCUT2D eigenvalue weighted by Crippen LogP contribution is -2.23. The minimum Gasteiger partial charge on any atom is -0.494 e. The topological polar surface area (TPSA) is 66.0 Å². The molecule has 0 saturated heterocycles. The van der Waals surface area contributed by atoms with Crippen LogP contribution in [0.2, 0.25) is 0 Å². The fourth-order valence-corrected chi connectivity index (χ4v) is 2.33. The van der Waals surface area contributed by atoms with Gasteiger partial charge in [0.2, 0.25) is 5.75 Å². The highest BCUT2D eigenvalue weighted by molar-refractivity contribution is 5.94. The van der Waals surface area contributed by atoms with E-state index in [4.69, 9.17) is 18.9 Å². The summed E-state index contributed by atoms with van der Waals surface area (Å²) in [6.07, 6.45) is 0. The first-order chi connectivity index (χ1) is 12.0. The molecule has 0 aliphatic carbocycles. The summed E-state index contributed by atoms with van der Waals surface area (Å²) in [5, 5.41) is 2.72. The van der Waals surface area contributed by atoms with Gasteiger partial charge in [0.25, 0.3) is 5.91 Å². The van der Waals surface area contributed by atoms with Gasteiger partial charge in [-0.25, -0.2) is 4.39 Å². The molecule has 2 aromatic carbocycles. The van der Waals surface area contributed by atoms with Crippen molar-refractivity contribution in [2.24, 2.45) is 0 Å². The summed E-state index contributed by atoms with van der Waals surface area (Å²) in [4.78, 5) is 12.2. The van der Waals surface area contributed by atoms with Crippen molar-refractivity contribution in [3.63, 3.8) is 0 Å². The zero-order valence-electron chi connectivity index (χ0n) is 14.5. The smallest absolute Gasteiger partial charge is 0.251 e. The summed E-state index contributed by atoms with van der Waals surface area (Å²) in [6, 6.07) is 7.49. The molecule has 0 bridgehead atoms. The van der Waals surface area contributed by atoms with Crippen LogP contribution in [0.5, 0.6) is 23.0 Å². The molecule has 0 unspecified atom stereocenters. The van der Waals surface area contributed by atoms with Crippen LogP contribution in [0.3, 0.4) is 0 Å². The van der Waals surface area contributed by atoms with E-state index in [-0.39, 0.29) is 17.9 Å². The lowest BCUT2D eigenvalue weighted by Gasteiger charge is -2.14. The van der Waals surface area contributed by atoms with E-state index in [0.717, 1.165) is 11.6 Å². The van der Waals surface area contributed by atoms with Crippen molar-refractivity contribution in [2.75, 3.05) is 28.4 Å². The second-order valence-corrected chi connectivity index (χ2v) is 5.07. The predicted molar refractivity (Wildman–Crippen MR) is 90.2 cm³/mol. The maximum Gasteiger partial charge on any atom is 0.251 e. The molecule has 0 aromatic heterocycles. The summed E-state index contributed by atoms with van der Waals surface area (Å²) in [7, 11) is 5.90. The van der Waals surface area contributed by atoms with Gasteiger partial charge >= 0.3 is 0 Å². The van der Waals surface area contributed by atoms with Crippen molar-refractivity contribution < 1.29 is 28.1 Å². The van der Waals surface area contributed by atoms with E-state index in [0.29, 0.717) is 17.2 Å². The first-order valence-corrected chi connectivity index (χ1v) is 7.44. The monoisotopic (exact) mass is 349 g/mol. The number of ether oxygens (including phenoxy) is 4. The van der Waals surface area contributed by atoms with Gasteiger partial charge in [0.05, 0.1) is 28.4 Å². The van der Waals surface area contributed by atoms with Crippen LogP contribution in [-0.4, -0.2) is 34.3 Å². The molecule has 7 heteroatoms. The quantitative estimate of drug-likeness (QED) is 0.833. The van der Waals surface area contributed by atoms with E-state index >= 15 is 0 Å². The van der Waals surface area contributed by atoms with Crippen LogP contribution >= 0.6 is 0 Å². The Morgan fingerprint density at radius 3 is 2.00 bits per heavy atom. The lowest BCUT2D eigenvalue weighted by molar-refractivity contribution is 0.0950. The van der Waals surface area contributed by atoms with Gasteiger partial charge in [-0.05, 0) is 35.9 Å². The fourth-order valence-electron chi connectivity index (χ4n) is 2.33. The summed E-state index contributed by atoms with van der Waals surface area (Å²) in [5.74, 6) is 0.528. The Morgan fingerprint density at radius 2 is 1.52 bits per heavy atom. The van der Waals surface area contributed by atoms with Crippen LogP contribution in [0.4, 0.5) is 4.39 Å². The summed E-state index contributed by atoms with van der Waals surface area (Å²) < 4.78 is 34.3. The molecule has 1 N–H and O–H groups in total. The molecule has 134 valence electrons. The van der Waals surface area contributed by atoms with E-state index in [2.05, 4.69) is 5.32 Å². The highest BCUT2D eigenvalue weighted by atomic mass is 19.1. The first-order valence-electron chi connectivity index (χ1n) is 7.44. The van der Waals surface area contributed by atoms with Gasteiger partial charge in [-0.1, -0.05) is 0 Å². The van der Waals surface area contributed by atoms with E-state index < -0.39 is 11.7 Å². The normalized spacial score (nSPS) is 10.1. The first kappa shape index (κ1) is 18.4. The number of nitrogens with one attached hydrogen (secondary N) is 1. The molecule has 2 rings (SSSR count). The highest BCUT2D eigenvalue weighted by Crippen LogP contribution is 2.38. The Morgan fingerprint density at radius 1 is 0.920 bits per heavy atom. The van der Waals surface area contributed by atoms with Crippen molar-refractivity contribution in [2.45, 2.75) is 6.54 Å². The summed E-state index contributed by atoms with van der Waals surface area (Å²) in [5.41, 5.74) is 0.947. The molecule has 6 nitrogen and oxygen atoms in total. The molecular weight excluding hydrogens is 329 g/mol. The third-order valence-corrected chi connectivity index (χ3v) is 3.59. The Bertz CT molecular complexity index is 738. The number of carbonyl (C=O) groups excluding carboxylic acids is 1. The second kappa shape index (κ2) is 8.23. The Kier molecular flexibility index (Phi) is 6.05. The molecule has 0 saturated carbocycles. The van der Waals surface area contributed by atoms with Crippen molar-refractivity contribution in [3.8, 4) is 23.0 Å². The zero-order valence-corrected chi connectivity index (χ0v) is 14.5. The predicted octanol–water partition coefficient (Wildman–Crippen LogP) is 2.79. The number of rotatable bonds is 7. The molecule has 0 radical (unpaired) electrons. The number of hydrogen-bond acceptors (Lipinski definition) is 5. The molecule has 0 spiro atoms. The van der Waals surface area contributed by atoms with E-state index in [1.165, 1.54) is 40.6 Å². The minimum atomic E-state index is -0.595. The Balaban J connectivity index is 2.15. The molecule has 0 aliphatic heterocycles. The van der Waals surface area contributed by atoms with Crippen LogP contribution < -0.4 is 24.3 Å². The SMILES string of the molecule is COc1ccc(C(=O)NCc2cc(OC)c(OC)c(OC)c2)cc1F. The van der Waals surface area contributed by atoms with Crippen LogP contribution in [0.15, 0.2) is 30.3 Å². The van der Waals surface area contributed by atoms with Crippen molar-refractivity contribution in [3.05, 3.63) is 47.3 Å². The van der Waals surface area contributed by atoms with Gasteiger partial charge in [-0.15, -0.1) is 0 Å². The molecule has 0 atom stereocenters. The van der Waals surface area contributed by atoms with Gasteiger partial charge in [0, 0.05) is 12.1 Å². The lowest BCUT2D eigenvalue weighted by atomic mass is 10.1. The van der Waals surface area contributed by atoms with E-state index in [1.807, 2.05) is 0 Å². The molecule has 2 aromatic rings. The van der Waals surface area contributed by atoms with Crippen molar-refractivity contribution in [1.29, 1.82) is 0 Å². The summed E-state index contributed by atoms with van der Waals surface area (Å²) >= 11 is 0. The van der Waals surface area contributed by atoms with Gasteiger partial charge in [0.1, 0.15) is 0 Å². The van der Waals surface area contributed by atoms with Gasteiger partial charge < -0.3 is 24.3 Å². The molecule has 0 fully saturated rings. The standard InChI is InChI=1S/C18H20FNO5/c1-22-14-6-5-12(9-13(14)19)18(21)20-10-11-7-15(23-2)17(25-4)16(8-11)24-3/h5-9H,10H2,1-4H3,(H,20,21). The van der Waals surface area contributed by atoms with Gasteiger partial charge in [-0.3, -0.25) is 4.79 Å². The average molecular weight is 349 g/mol. The van der Waals surface area contributed by atoms with Crippen LogP contribution in [0.25, 0.3) is 0 Å². The highest BCUT2D eigenvalue weighted by Gasteiger charge is 2.14. The molecule has 0 heterocycles. The number of halogens is 1. The minimum absolute atomic E-state index is 0.0844. The Hall–Kier alpha value is -2.96. The van der Waals surface area contributed by atoms with Gasteiger partial charge in [-0.2, -0.15) is 0 Å². The molecule has 25 heavy (non-hydrogen) atoms. The Labute approximate surface area is 145 Å². The third-order valence-electron chi connectivity index (χ3n) is 3.59. The number of benzene rings is 2. The van der Waals surface area contributed by atoms with E-state index in [9.17, 15) is 9.18 Å². The van der Waals surface area contributed by atoms with E-state index in [1.54, 1.807) is 12.1 Å². The van der Waals surface area contributed by atoms with Crippen LogP contribution in [0.1, 0.15) is 15.9 Å². The maximum absolute atomic E-state index is 13.7. The molecule has 0 aliphatic rings. The average Bonchev–Trinajstić information content (AvgIpc) is 2.64. The fraction of sp³-hybridized carbons (Fsp3) is 0.278. The maximum atomic E-state index is 13.7. The summed E-state index contributed by atoms with van der Waals surface area (Å²) in [6.45, 7) is 0.212. The molecule has 1 amide bonds. The number of carbonyl (C=O) groups is 1. The zero-order chi connectivity index (χ0) is 18.4. The van der Waals surface area contributed by atoms with Crippen molar-refractivity contribution >= 4 is 5.91 Å². The number of amides is 1. The van der Waals surface area contributed by atoms with Gasteiger partial charge in [0.15, 0.2) is 23.1 Å². The number of hydrogen-bond donors (Lipinski definition) is 1.